The molecule has 0 atom stereocenters. The molecule has 3 aromatic rings. The zero-order chi connectivity index (χ0) is 21.0. The molecule has 2 heterocycles. The number of aromatic nitrogens is 1. The average molecular weight is 452 g/mol. The number of nitrogens with zero attached hydrogens (tertiary/aromatic N) is 2. The van der Waals surface area contributed by atoms with E-state index in [9.17, 15) is 18.0 Å². The van der Waals surface area contributed by atoms with Crippen molar-refractivity contribution in [2.45, 2.75) is 11.1 Å². The highest BCUT2D eigenvalue weighted by molar-refractivity contribution is 7.94. The van der Waals surface area contributed by atoms with E-state index in [2.05, 4.69) is 10.3 Å². The molecule has 0 aliphatic rings. The summed E-state index contributed by atoms with van der Waals surface area (Å²) in [7, 11) is -2.14. The summed E-state index contributed by atoms with van der Waals surface area (Å²) in [6.07, 6.45) is 0. The summed E-state index contributed by atoms with van der Waals surface area (Å²) in [6.45, 7) is 1.15. The third-order valence-electron chi connectivity index (χ3n) is 3.79. The van der Waals surface area contributed by atoms with Gasteiger partial charge in [0.25, 0.3) is 15.9 Å². The maximum Gasteiger partial charge on any atom is 0.273 e. The van der Waals surface area contributed by atoms with Crippen molar-refractivity contribution in [3.05, 3.63) is 52.9 Å². The number of thiazole rings is 1. The number of rotatable bonds is 8. The Hall–Kier alpha value is -2.76. The highest BCUT2D eigenvalue weighted by Gasteiger charge is 2.22. The molecule has 1 amide bonds. The van der Waals surface area contributed by atoms with Crippen molar-refractivity contribution < 1.29 is 22.7 Å². The number of carbonyl (C=O) groups excluding carboxylic acids is 2. The lowest BCUT2D eigenvalue weighted by Gasteiger charge is -2.18. The van der Waals surface area contributed by atoms with Crippen molar-refractivity contribution in [2.24, 2.45) is 0 Å². The van der Waals surface area contributed by atoms with Crippen LogP contribution in [0.1, 0.15) is 17.4 Å². The van der Waals surface area contributed by atoms with Crippen molar-refractivity contribution >= 4 is 55.2 Å². The van der Waals surface area contributed by atoms with Crippen LogP contribution in [0.15, 0.2) is 51.4 Å². The number of hydrogen-bond donors (Lipinski definition) is 1. The topological polar surface area (TPSA) is 106 Å². The summed E-state index contributed by atoms with van der Waals surface area (Å²) in [6, 6.07) is 9.59. The average Bonchev–Trinajstić information content (AvgIpc) is 3.38. The minimum absolute atomic E-state index is 0.177. The number of nitrogens with one attached hydrogen (secondary N) is 1. The minimum atomic E-state index is -3.61. The molecule has 0 spiro atoms. The van der Waals surface area contributed by atoms with Crippen molar-refractivity contribution in [1.29, 1.82) is 0 Å². The molecule has 0 saturated carbocycles. The minimum Gasteiger partial charge on any atom is -0.484 e. The Kier molecular flexibility index (Phi) is 6.30. The quantitative estimate of drug-likeness (QED) is 0.527. The standard InChI is InChI=1S/C18H17N3O5S3/c1-12(22)15-11-28-18(19-15)20-16(23)10-26-14-7-5-13(6-8-14)21(2)29(24,25)17-4-3-9-27-17/h3-9,11H,10H2,1-2H3,(H,19,20,23). The molecule has 11 heteroatoms. The molecule has 0 aliphatic heterocycles. The maximum absolute atomic E-state index is 12.5. The van der Waals surface area contributed by atoms with Gasteiger partial charge >= 0.3 is 0 Å². The van der Waals surface area contributed by atoms with Crippen LogP contribution < -0.4 is 14.4 Å². The zero-order valence-electron chi connectivity index (χ0n) is 15.5. The molecule has 0 fully saturated rings. The van der Waals surface area contributed by atoms with Crippen LogP contribution in [-0.2, 0) is 14.8 Å². The van der Waals surface area contributed by atoms with Gasteiger partial charge < -0.3 is 4.74 Å². The highest BCUT2D eigenvalue weighted by Crippen LogP contribution is 2.26. The monoisotopic (exact) mass is 451 g/mol. The zero-order valence-corrected chi connectivity index (χ0v) is 17.9. The molecule has 1 N–H and O–H groups in total. The number of Topliss-reactive ketones (excluding diaryl/α,β-unsaturated/α-hetero) is 1. The predicted molar refractivity (Wildman–Crippen MR) is 113 cm³/mol. The van der Waals surface area contributed by atoms with Gasteiger partial charge in [0.15, 0.2) is 17.5 Å². The molecule has 152 valence electrons. The van der Waals surface area contributed by atoms with E-state index < -0.39 is 15.9 Å². The molecule has 0 radical (unpaired) electrons. The Morgan fingerprint density at radius 2 is 1.90 bits per heavy atom. The molecular formula is C18H17N3O5S3. The predicted octanol–water partition coefficient (Wildman–Crippen LogP) is 3.25. The van der Waals surface area contributed by atoms with E-state index in [1.54, 1.807) is 47.2 Å². The lowest BCUT2D eigenvalue weighted by atomic mass is 10.3. The molecule has 1 aromatic carbocycles. The second-order valence-electron chi connectivity index (χ2n) is 5.83. The van der Waals surface area contributed by atoms with Crippen LogP contribution in [0, 0.1) is 0 Å². The molecule has 29 heavy (non-hydrogen) atoms. The smallest absolute Gasteiger partial charge is 0.273 e. The summed E-state index contributed by atoms with van der Waals surface area (Å²) in [5.41, 5.74) is 0.762. The van der Waals surface area contributed by atoms with Gasteiger partial charge in [-0.1, -0.05) is 6.07 Å². The van der Waals surface area contributed by atoms with E-state index in [4.69, 9.17) is 4.74 Å². The Balaban J connectivity index is 1.57. The lowest BCUT2D eigenvalue weighted by molar-refractivity contribution is -0.118. The van der Waals surface area contributed by atoms with Crippen molar-refractivity contribution in [3.63, 3.8) is 0 Å². The molecule has 0 bridgehead atoms. The van der Waals surface area contributed by atoms with Gasteiger partial charge in [-0.15, -0.1) is 22.7 Å². The fraction of sp³-hybridized carbons (Fsp3) is 0.167. The number of amides is 1. The van der Waals surface area contributed by atoms with E-state index in [1.165, 1.54) is 18.3 Å². The van der Waals surface area contributed by atoms with Gasteiger partial charge in [0, 0.05) is 19.4 Å². The fourth-order valence-corrected chi connectivity index (χ4v) is 5.36. The van der Waals surface area contributed by atoms with E-state index in [-0.39, 0.29) is 16.6 Å². The van der Waals surface area contributed by atoms with Gasteiger partial charge in [0.1, 0.15) is 15.7 Å². The van der Waals surface area contributed by atoms with Crippen LogP contribution in [0.5, 0.6) is 5.75 Å². The first-order valence-electron chi connectivity index (χ1n) is 8.29. The SMILES string of the molecule is CC(=O)c1csc(NC(=O)COc2ccc(N(C)S(=O)(=O)c3cccs3)cc2)n1. The summed E-state index contributed by atoms with van der Waals surface area (Å²) in [4.78, 5) is 27.2. The number of ketones is 1. The van der Waals surface area contributed by atoms with Crippen LogP contribution in [0.4, 0.5) is 10.8 Å². The summed E-state index contributed by atoms with van der Waals surface area (Å²) in [5.74, 6) is -0.186. The van der Waals surface area contributed by atoms with E-state index in [0.29, 0.717) is 22.3 Å². The Bertz CT molecular complexity index is 1110. The first-order valence-corrected chi connectivity index (χ1v) is 11.5. The number of benzene rings is 1. The number of carbonyl (C=O) groups is 2. The third-order valence-corrected chi connectivity index (χ3v) is 7.71. The normalized spacial score (nSPS) is 11.1. The Morgan fingerprint density at radius 3 is 2.48 bits per heavy atom. The molecule has 2 aromatic heterocycles. The number of hydrogen-bond acceptors (Lipinski definition) is 8. The van der Waals surface area contributed by atoms with Crippen molar-refractivity contribution in [2.75, 3.05) is 23.3 Å². The largest absolute Gasteiger partial charge is 0.484 e. The number of anilines is 2. The molecule has 8 nitrogen and oxygen atoms in total. The summed E-state index contributed by atoms with van der Waals surface area (Å²) < 4.78 is 31.9. The fourth-order valence-electron chi connectivity index (χ4n) is 2.23. The van der Waals surface area contributed by atoms with Gasteiger partial charge in [-0.3, -0.25) is 19.2 Å². The van der Waals surface area contributed by atoms with Crippen molar-refractivity contribution in [3.8, 4) is 5.75 Å². The van der Waals surface area contributed by atoms with Crippen LogP contribution in [-0.4, -0.2) is 38.7 Å². The third kappa shape index (κ3) is 5.00. The van der Waals surface area contributed by atoms with Crippen LogP contribution in [0.25, 0.3) is 0 Å². The number of thiophene rings is 1. The van der Waals surface area contributed by atoms with Gasteiger partial charge in [0.2, 0.25) is 0 Å². The van der Waals surface area contributed by atoms with Crippen LogP contribution in [0.3, 0.4) is 0 Å². The first kappa shape index (κ1) is 21.0. The molecule has 0 saturated heterocycles. The Morgan fingerprint density at radius 1 is 1.17 bits per heavy atom. The van der Waals surface area contributed by atoms with Gasteiger partial charge in [-0.2, -0.15) is 0 Å². The number of sulfonamides is 1. The number of ether oxygens (including phenoxy) is 1. The second-order valence-corrected chi connectivity index (χ2v) is 9.83. The molecule has 3 rings (SSSR count). The Labute approximate surface area is 175 Å². The van der Waals surface area contributed by atoms with Gasteiger partial charge in [0.05, 0.1) is 5.69 Å². The van der Waals surface area contributed by atoms with Gasteiger partial charge in [-0.05, 0) is 35.7 Å². The lowest BCUT2D eigenvalue weighted by Crippen LogP contribution is -2.25. The van der Waals surface area contributed by atoms with E-state index in [0.717, 1.165) is 22.7 Å². The van der Waals surface area contributed by atoms with E-state index in [1.807, 2.05) is 0 Å². The van der Waals surface area contributed by atoms with Crippen molar-refractivity contribution in [1.82, 2.24) is 4.98 Å². The van der Waals surface area contributed by atoms with Crippen LogP contribution in [0.2, 0.25) is 0 Å². The summed E-state index contributed by atoms with van der Waals surface area (Å²) in [5, 5.41) is 6.15. The maximum atomic E-state index is 12.5. The van der Waals surface area contributed by atoms with Gasteiger partial charge in [-0.25, -0.2) is 13.4 Å². The summed E-state index contributed by atoms with van der Waals surface area (Å²) >= 11 is 2.30. The first-order chi connectivity index (χ1) is 13.8. The van der Waals surface area contributed by atoms with Crippen LogP contribution >= 0.6 is 22.7 Å². The molecule has 0 unspecified atom stereocenters. The second kappa shape index (κ2) is 8.72. The van der Waals surface area contributed by atoms with E-state index >= 15 is 0 Å². The highest BCUT2D eigenvalue weighted by atomic mass is 32.2. The molecule has 0 aliphatic carbocycles. The molecular weight excluding hydrogens is 434 g/mol.